The molecule has 0 saturated carbocycles. The smallest absolute Gasteiger partial charge is 0.419 e. The zero-order chi connectivity index (χ0) is 14.5. The number of hydrogen-bond donors (Lipinski definition) is 0. The van der Waals surface area contributed by atoms with Crippen LogP contribution < -0.4 is 4.74 Å². The molecule has 1 aromatic carbocycles. The molecule has 0 atom stereocenters. The molecule has 0 aromatic heterocycles. The van der Waals surface area contributed by atoms with Crippen LogP contribution in [0, 0.1) is 0 Å². The number of alkyl halides is 3. The van der Waals surface area contributed by atoms with Gasteiger partial charge in [0.15, 0.2) is 0 Å². The van der Waals surface area contributed by atoms with Gasteiger partial charge >= 0.3 is 12.1 Å². The van der Waals surface area contributed by atoms with Gasteiger partial charge in [0, 0.05) is 6.42 Å². The Kier molecular flexibility index (Phi) is 5.20. The summed E-state index contributed by atoms with van der Waals surface area (Å²) in [7, 11) is 1.18. The molecule has 0 fully saturated rings. The summed E-state index contributed by atoms with van der Waals surface area (Å²) in [5, 5.41) is 0. The fourth-order valence-corrected chi connectivity index (χ4v) is 1.60. The van der Waals surface area contributed by atoms with Gasteiger partial charge in [0.25, 0.3) is 0 Å². The molecule has 0 bridgehead atoms. The summed E-state index contributed by atoms with van der Waals surface area (Å²) in [6.45, 7) is 1.98. The van der Waals surface area contributed by atoms with Gasteiger partial charge in [0.05, 0.1) is 19.3 Å². The minimum atomic E-state index is -4.45. The number of esters is 1. The Morgan fingerprint density at radius 3 is 2.53 bits per heavy atom. The van der Waals surface area contributed by atoms with E-state index in [2.05, 4.69) is 0 Å². The van der Waals surface area contributed by atoms with Crippen LogP contribution in [0.2, 0.25) is 0 Å². The number of aryl methyl sites for hydroxylation is 1. The van der Waals surface area contributed by atoms with Gasteiger partial charge in [0.2, 0.25) is 0 Å². The summed E-state index contributed by atoms with van der Waals surface area (Å²) >= 11 is 0. The molecule has 0 N–H and O–H groups in total. The predicted octanol–water partition coefficient (Wildman–Crippen LogP) is 3.21. The lowest BCUT2D eigenvalue weighted by molar-refractivity contribution is -0.143. The van der Waals surface area contributed by atoms with Crippen LogP contribution in [0.25, 0.3) is 0 Å². The van der Waals surface area contributed by atoms with Crippen molar-refractivity contribution < 1.29 is 27.4 Å². The highest BCUT2D eigenvalue weighted by Crippen LogP contribution is 2.36. The second-order valence-electron chi connectivity index (χ2n) is 3.84. The number of carbonyl (C=O) groups is 1. The Morgan fingerprint density at radius 2 is 2.00 bits per heavy atom. The molecule has 0 unspecified atom stereocenters. The van der Waals surface area contributed by atoms with Gasteiger partial charge in [-0.15, -0.1) is 0 Å². The molecule has 1 aromatic rings. The third-order valence-electron chi connectivity index (χ3n) is 2.49. The van der Waals surface area contributed by atoms with Crippen LogP contribution in [0.4, 0.5) is 13.2 Å². The second kappa shape index (κ2) is 6.45. The van der Waals surface area contributed by atoms with Crippen LogP contribution >= 0.6 is 0 Å². The summed E-state index contributed by atoms with van der Waals surface area (Å²) in [5.74, 6) is -0.616. The summed E-state index contributed by atoms with van der Waals surface area (Å²) in [6, 6.07) is 3.59. The van der Waals surface area contributed by atoms with E-state index < -0.39 is 11.7 Å². The quantitative estimate of drug-likeness (QED) is 0.775. The predicted molar refractivity (Wildman–Crippen MR) is 63.0 cm³/mol. The Balaban J connectivity index is 2.80. The van der Waals surface area contributed by atoms with Crippen LogP contribution in [-0.2, 0) is 22.1 Å². The molecule has 0 saturated heterocycles. The van der Waals surface area contributed by atoms with Crippen molar-refractivity contribution >= 4 is 5.97 Å². The lowest BCUT2D eigenvalue weighted by Crippen LogP contribution is -2.09. The van der Waals surface area contributed by atoms with E-state index in [1.807, 2.05) is 0 Å². The monoisotopic (exact) mass is 276 g/mol. The first-order valence-electron chi connectivity index (χ1n) is 5.78. The third-order valence-corrected chi connectivity index (χ3v) is 2.49. The fourth-order valence-electron chi connectivity index (χ4n) is 1.60. The number of hydrogen-bond acceptors (Lipinski definition) is 3. The van der Waals surface area contributed by atoms with Crippen molar-refractivity contribution in [2.24, 2.45) is 0 Å². The van der Waals surface area contributed by atoms with Crippen LogP contribution in [0.3, 0.4) is 0 Å². The molecule has 6 heteroatoms. The van der Waals surface area contributed by atoms with Crippen molar-refractivity contribution in [3.63, 3.8) is 0 Å². The van der Waals surface area contributed by atoms with Crippen LogP contribution in [0.5, 0.6) is 5.75 Å². The van der Waals surface area contributed by atoms with Gasteiger partial charge in [-0.25, -0.2) is 0 Å². The number of benzene rings is 1. The fraction of sp³-hybridized carbons (Fsp3) is 0.462. The Hall–Kier alpha value is -1.72. The van der Waals surface area contributed by atoms with Crippen molar-refractivity contribution in [3.8, 4) is 5.75 Å². The maximum absolute atomic E-state index is 12.6. The highest BCUT2D eigenvalue weighted by atomic mass is 19.4. The summed E-state index contributed by atoms with van der Waals surface area (Å²) in [6.07, 6.45) is -4.01. The molecular formula is C13H15F3O3. The van der Waals surface area contributed by atoms with Crippen molar-refractivity contribution in [1.29, 1.82) is 0 Å². The number of ether oxygens (including phenoxy) is 2. The number of halogens is 3. The maximum atomic E-state index is 12.6. The molecule has 0 aliphatic carbocycles. The normalized spacial score (nSPS) is 11.2. The van der Waals surface area contributed by atoms with E-state index in [0.29, 0.717) is 12.0 Å². The summed E-state index contributed by atoms with van der Waals surface area (Å²) < 4.78 is 47.4. The zero-order valence-electron chi connectivity index (χ0n) is 10.7. The molecule has 0 spiro atoms. The first kappa shape index (κ1) is 15.3. The van der Waals surface area contributed by atoms with Crippen LogP contribution in [-0.4, -0.2) is 19.7 Å². The molecule has 0 aliphatic heterocycles. The number of rotatable bonds is 5. The minimum absolute atomic E-state index is 0.127. The highest BCUT2D eigenvalue weighted by molar-refractivity contribution is 5.69. The van der Waals surface area contributed by atoms with Gasteiger partial charge in [-0.3, -0.25) is 4.79 Å². The van der Waals surface area contributed by atoms with Gasteiger partial charge in [-0.1, -0.05) is 6.07 Å². The van der Waals surface area contributed by atoms with Crippen molar-refractivity contribution in [2.45, 2.75) is 25.9 Å². The summed E-state index contributed by atoms with van der Waals surface area (Å²) in [4.78, 5) is 11.2. The molecule has 3 nitrogen and oxygen atoms in total. The average molecular weight is 276 g/mol. The molecule has 1 rings (SSSR count). The Labute approximate surface area is 109 Å². The minimum Gasteiger partial charge on any atom is -0.496 e. The number of methoxy groups -OCH3 is 1. The lowest BCUT2D eigenvalue weighted by Gasteiger charge is -2.13. The Morgan fingerprint density at radius 1 is 1.32 bits per heavy atom. The van der Waals surface area contributed by atoms with E-state index in [4.69, 9.17) is 9.47 Å². The molecule has 106 valence electrons. The molecular weight excluding hydrogens is 261 g/mol. The van der Waals surface area contributed by atoms with Crippen molar-refractivity contribution in [3.05, 3.63) is 29.3 Å². The third kappa shape index (κ3) is 4.46. The number of carbonyl (C=O) groups excluding carboxylic acids is 1. The molecule has 19 heavy (non-hydrogen) atoms. The lowest BCUT2D eigenvalue weighted by atomic mass is 10.1. The topological polar surface area (TPSA) is 35.5 Å². The largest absolute Gasteiger partial charge is 0.496 e. The van der Waals surface area contributed by atoms with E-state index in [1.165, 1.54) is 19.2 Å². The first-order valence-corrected chi connectivity index (χ1v) is 5.78. The average Bonchev–Trinajstić information content (AvgIpc) is 2.35. The zero-order valence-corrected chi connectivity index (χ0v) is 10.7. The van der Waals surface area contributed by atoms with E-state index in [1.54, 1.807) is 6.92 Å². The van der Waals surface area contributed by atoms with Gasteiger partial charge in [0.1, 0.15) is 5.75 Å². The van der Waals surface area contributed by atoms with Crippen molar-refractivity contribution in [1.82, 2.24) is 0 Å². The van der Waals surface area contributed by atoms with E-state index in [0.717, 1.165) is 6.07 Å². The second-order valence-corrected chi connectivity index (χ2v) is 3.84. The van der Waals surface area contributed by atoms with E-state index in [9.17, 15) is 18.0 Å². The first-order chi connectivity index (χ1) is 8.88. The molecule has 0 heterocycles. The SMILES string of the molecule is CCOC(=O)CCc1ccc(C(F)(F)F)c(OC)c1. The van der Waals surface area contributed by atoms with Gasteiger partial charge in [-0.05, 0) is 31.0 Å². The van der Waals surface area contributed by atoms with Gasteiger partial charge < -0.3 is 9.47 Å². The highest BCUT2D eigenvalue weighted by Gasteiger charge is 2.34. The maximum Gasteiger partial charge on any atom is 0.419 e. The summed E-state index contributed by atoms with van der Waals surface area (Å²) in [5.41, 5.74) is -0.229. The van der Waals surface area contributed by atoms with Crippen molar-refractivity contribution in [2.75, 3.05) is 13.7 Å². The Bertz CT molecular complexity index is 441. The van der Waals surface area contributed by atoms with E-state index >= 15 is 0 Å². The van der Waals surface area contributed by atoms with Gasteiger partial charge in [-0.2, -0.15) is 13.2 Å². The standard InChI is InChI=1S/C13H15F3O3/c1-3-19-12(17)7-5-9-4-6-10(13(14,15)16)11(8-9)18-2/h4,6,8H,3,5,7H2,1-2H3. The molecule has 0 radical (unpaired) electrons. The van der Waals surface area contributed by atoms with Crippen LogP contribution in [0.15, 0.2) is 18.2 Å². The molecule has 0 aliphatic rings. The molecule has 0 amide bonds. The van der Waals surface area contributed by atoms with E-state index in [-0.39, 0.29) is 24.7 Å². The van der Waals surface area contributed by atoms with Crippen LogP contribution in [0.1, 0.15) is 24.5 Å².